The van der Waals surface area contributed by atoms with Gasteiger partial charge in [-0.05, 0) is 41.9 Å². The number of amides is 1. The Balaban J connectivity index is 1.45. The van der Waals surface area contributed by atoms with Gasteiger partial charge >= 0.3 is 5.69 Å². The van der Waals surface area contributed by atoms with Crippen LogP contribution in [0.2, 0.25) is 0 Å². The number of aromatic nitrogens is 2. The van der Waals surface area contributed by atoms with Crippen LogP contribution in [0.5, 0.6) is 5.75 Å². The van der Waals surface area contributed by atoms with Crippen LogP contribution in [0.25, 0.3) is 0 Å². The molecule has 1 aromatic heterocycles. The number of hydrogen-bond acceptors (Lipinski definition) is 5. The molecule has 164 valence electrons. The lowest BCUT2D eigenvalue weighted by Crippen LogP contribution is -2.37. The Labute approximate surface area is 183 Å². The number of carbonyl (C=O) groups excluding carboxylic acids is 1. The molecule has 32 heavy (non-hydrogen) atoms. The van der Waals surface area contributed by atoms with Gasteiger partial charge in [0.05, 0.1) is 7.11 Å². The van der Waals surface area contributed by atoms with Gasteiger partial charge in [0, 0.05) is 17.5 Å². The van der Waals surface area contributed by atoms with E-state index >= 15 is 0 Å². The van der Waals surface area contributed by atoms with Gasteiger partial charge in [-0.3, -0.25) is 14.6 Å². The Morgan fingerprint density at radius 2 is 1.78 bits per heavy atom. The van der Waals surface area contributed by atoms with Crippen molar-refractivity contribution in [2.24, 2.45) is 5.41 Å². The summed E-state index contributed by atoms with van der Waals surface area (Å²) in [6.07, 6.45) is 2.52. The molecule has 5 N–H and O–H groups in total. The van der Waals surface area contributed by atoms with E-state index in [2.05, 4.69) is 34.6 Å². The number of benzene rings is 2. The minimum absolute atomic E-state index is 0.0808. The van der Waals surface area contributed by atoms with Gasteiger partial charge < -0.3 is 20.8 Å². The van der Waals surface area contributed by atoms with E-state index in [0.717, 1.165) is 30.6 Å². The van der Waals surface area contributed by atoms with E-state index in [1.54, 1.807) is 7.11 Å². The number of rotatable bonds is 4. The van der Waals surface area contributed by atoms with E-state index < -0.39 is 17.2 Å². The van der Waals surface area contributed by atoms with E-state index in [1.165, 1.54) is 11.1 Å². The summed E-state index contributed by atoms with van der Waals surface area (Å²) in [7, 11) is 1.68. The zero-order valence-corrected chi connectivity index (χ0v) is 17.6. The van der Waals surface area contributed by atoms with Crippen LogP contribution in [0.15, 0.2) is 58.1 Å². The van der Waals surface area contributed by atoms with Crippen molar-refractivity contribution in [3.05, 3.63) is 91.8 Å². The number of fused-ring (bicyclic) bond motifs is 1. The maximum absolute atomic E-state index is 12.8. The summed E-state index contributed by atoms with van der Waals surface area (Å²) < 4.78 is 5.64. The molecule has 2 aromatic carbocycles. The molecule has 8 nitrogen and oxygen atoms in total. The van der Waals surface area contributed by atoms with Crippen LogP contribution in [-0.4, -0.2) is 29.0 Å². The first kappa shape index (κ1) is 20.1. The average molecular weight is 432 g/mol. The molecule has 3 aromatic rings. The molecule has 1 heterocycles. The Morgan fingerprint density at radius 1 is 1.06 bits per heavy atom. The number of H-pyrrole nitrogens is 2. The molecule has 5 rings (SSSR count). The summed E-state index contributed by atoms with van der Waals surface area (Å²) in [5.41, 5.74) is 7.26. The van der Waals surface area contributed by atoms with Gasteiger partial charge in [-0.1, -0.05) is 42.5 Å². The minimum Gasteiger partial charge on any atom is -0.496 e. The van der Waals surface area contributed by atoms with E-state index in [1.807, 2.05) is 29.2 Å². The molecule has 1 fully saturated rings. The molecule has 2 aliphatic rings. The molecule has 1 amide bonds. The zero-order valence-electron chi connectivity index (χ0n) is 17.6. The second-order valence-corrected chi connectivity index (χ2v) is 8.66. The van der Waals surface area contributed by atoms with Crippen molar-refractivity contribution in [3.63, 3.8) is 0 Å². The van der Waals surface area contributed by atoms with Gasteiger partial charge in [0.1, 0.15) is 17.1 Å². The van der Waals surface area contributed by atoms with Crippen LogP contribution >= 0.6 is 0 Å². The quantitative estimate of drug-likeness (QED) is 0.500. The fourth-order valence-electron chi connectivity index (χ4n) is 5.11. The van der Waals surface area contributed by atoms with Crippen LogP contribution in [-0.2, 0) is 6.42 Å². The fourth-order valence-corrected chi connectivity index (χ4v) is 5.11. The minimum atomic E-state index is -0.771. The number of methoxy groups -OCH3 is 1. The number of aromatic amines is 2. The molecular weight excluding hydrogens is 408 g/mol. The number of carbonyl (C=O) groups is 1. The number of hydrogen-bond donors (Lipinski definition) is 4. The Bertz CT molecular complexity index is 1330. The van der Waals surface area contributed by atoms with E-state index in [-0.39, 0.29) is 28.8 Å². The van der Waals surface area contributed by atoms with E-state index in [4.69, 9.17) is 10.5 Å². The first-order valence-electron chi connectivity index (χ1n) is 10.6. The molecule has 2 aliphatic carbocycles. The maximum atomic E-state index is 12.8. The highest BCUT2D eigenvalue weighted by Crippen LogP contribution is 2.60. The zero-order chi connectivity index (χ0) is 22.5. The molecule has 0 bridgehead atoms. The third-order valence-corrected chi connectivity index (χ3v) is 6.80. The predicted octanol–water partition coefficient (Wildman–Crippen LogP) is 1.92. The van der Waals surface area contributed by atoms with E-state index in [0.29, 0.717) is 0 Å². The van der Waals surface area contributed by atoms with Gasteiger partial charge in [0.2, 0.25) is 0 Å². The van der Waals surface area contributed by atoms with Gasteiger partial charge in [0.25, 0.3) is 11.5 Å². The van der Waals surface area contributed by atoms with Gasteiger partial charge in [-0.25, -0.2) is 4.79 Å². The molecule has 0 saturated heterocycles. The molecule has 0 aliphatic heterocycles. The summed E-state index contributed by atoms with van der Waals surface area (Å²) in [6, 6.07) is 16.3. The number of nitrogen functional groups attached to an aromatic ring is 1. The second-order valence-electron chi connectivity index (χ2n) is 8.66. The summed E-state index contributed by atoms with van der Waals surface area (Å²) in [4.78, 5) is 40.5. The SMILES string of the molecule is COc1ccccc1[C@@H]1C[C@@]2(Cc3ccccc31)C[C@H]2NC(=O)c1[nH]c(=O)[nH]c(=O)c1N. The lowest BCUT2D eigenvalue weighted by atomic mass is 9.71. The Hall–Kier alpha value is -3.81. The number of nitrogens with two attached hydrogens (primary N) is 1. The van der Waals surface area contributed by atoms with Crippen molar-refractivity contribution in [1.29, 1.82) is 0 Å². The first-order valence-corrected chi connectivity index (χ1v) is 10.6. The summed E-state index contributed by atoms with van der Waals surface area (Å²) in [5, 5.41) is 2.98. The van der Waals surface area contributed by atoms with Crippen molar-refractivity contribution in [1.82, 2.24) is 15.3 Å². The Kier molecular flexibility index (Phi) is 4.65. The number of anilines is 1. The first-order chi connectivity index (χ1) is 15.4. The third-order valence-electron chi connectivity index (χ3n) is 6.80. The standard InChI is InChI=1S/C24H24N4O4/c1-32-17-9-5-4-8-15(17)16-11-24(10-13-6-2-3-7-14(13)16)12-18(24)26-22(30)20-19(25)21(29)28-23(31)27-20/h2-9,16,18H,10-12,25H2,1H3,(H,26,30)(H2,27,28,29,31)/t16-,18-,24+/m1/s1. The lowest BCUT2D eigenvalue weighted by molar-refractivity contribution is 0.0939. The van der Waals surface area contributed by atoms with Gasteiger partial charge in [0.15, 0.2) is 0 Å². The van der Waals surface area contributed by atoms with Crippen molar-refractivity contribution < 1.29 is 9.53 Å². The smallest absolute Gasteiger partial charge is 0.326 e. The fraction of sp³-hybridized carbons (Fsp3) is 0.292. The molecule has 3 atom stereocenters. The molecule has 1 saturated carbocycles. The largest absolute Gasteiger partial charge is 0.496 e. The third kappa shape index (κ3) is 3.28. The van der Waals surface area contributed by atoms with E-state index in [9.17, 15) is 14.4 Å². The molecule has 8 heteroatoms. The van der Waals surface area contributed by atoms with Gasteiger partial charge in [-0.15, -0.1) is 0 Å². The predicted molar refractivity (Wildman–Crippen MR) is 120 cm³/mol. The van der Waals surface area contributed by atoms with Crippen LogP contribution in [0.1, 0.15) is 45.9 Å². The number of nitrogens with one attached hydrogen (secondary N) is 3. The summed E-state index contributed by atoms with van der Waals surface area (Å²) >= 11 is 0. The molecule has 0 unspecified atom stereocenters. The number of ether oxygens (including phenoxy) is 1. The monoisotopic (exact) mass is 432 g/mol. The molecule has 0 radical (unpaired) electrons. The Morgan fingerprint density at radius 3 is 2.56 bits per heavy atom. The topological polar surface area (TPSA) is 130 Å². The highest BCUT2D eigenvalue weighted by molar-refractivity contribution is 5.97. The maximum Gasteiger partial charge on any atom is 0.326 e. The van der Waals surface area contributed by atoms with Crippen LogP contribution in [0.3, 0.4) is 0 Å². The molecule has 1 spiro atoms. The van der Waals surface area contributed by atoms with Crippen LogP contribution in [0.4, 0.5) is 5.69 Å². The summed E-state index contributed by atoms with van der Waals surface area (Å²) in [5.74, 6) is 0.446. The molecular formula is C24H24N4O4. The number of para-hydroxylation sites is 1. The van der Waals surface area contributed by atoms with Crippen molar-refractivity contribution >= 4 is 11.6 Å². The van der Waals surface area contributed by atoms with Crippen molar-refractivity contribution in [2.75, 3.05) is 12.8 Å². The van der Waals surface area contributed by atoms with Crippen molar-refractivity contribution in [3.8, 4) is 5.75 Å². The highest BCUT2D eigenvalue weighted by Gasteiger charge is 2.58. The normalized spacial score (nSPS) is 23.4. The average Bonchev–Trinajstić information content (AvgIpc) is 3.45. The highest BCUT2D eigenvalue weighted by atomic mass is 16.5. The van der Waals surface area contributed by atoms with Crippen molar-refractivity contribution in [2.45, 2.75) is 31.2 Å². The lowest BCUT2D eigenvalue weighted by Gasteiger charge is -2.33. The second kappa shape index (κ2) is 7.40. The summed E-state index contributed by atoms with van der Waals surface area (Å²) in [6.45, 7) is 0. The van der Waals surface area contributed by atoms with Gasteiger partial charge in [-0.2, -0.15) is 0 Å². The van der Waals surface area contributed by atoms with Crippen LogP contribution in [0, 0.1) is 5.41 Å². The van der Waals surface area contributed by atoms with Crippen LogP contribution < -0.4 is 27.0 Å².